The van der Waals surface area contributed by atoms with E-state index < -0.39 is 0 Å². The Labute approximate surface area is 121 Å². The van der Waals surface area contributed by atoms with Crippen molar-refractivity contribution in [3.8, 4) is 0 Å². The van der Waals surface area contributed by atoms with Gasteiger partial charge < -0.3 is 15.2 Å². The summed E-state index contributed by atoms with van der Waals surface area (Å²) in [6.07, 6.45) is 0.509. The third-order valence-electron chi connectivity index (χ3n) is 2.56. The van der Waals surface area contributed by atoms with Gasteiger partial charge in [-0.15, -0.1) is 0 Å². The Bertz CT molecular complexity index is 568. The highest BCUT2D eigenvalue weighted by molar-refractivity contribution is 6.30. The van der Waals surface area contributed by atoms with Crippen molar-refractivity contribution in [1.82, 2.24) is 20.8 Å². The number of rotatable bonds is 5. The van der Waals surface area contributed by atoms with Gasteiger partial charge in [-0.3, -0.25) is 0 Å². The largest absolute Gasteiger partial charge is 0.339 e. The zero-order valence-electron chi connectivity index (χ0n) is 11.0. The van der Waals surface area contributed by atoms with Crippen molar-refractivity contribution >= 4 is 17.6 Å². The number of nitrogens with one attached hydrogen (secondary N) is 2. The van der Waals surface area contributed by atoms with Crippen molar-refractivity contribution in [2.75, 3.05) is 6.54 Å². The topological polar surface area (TPSA) is 80.0 Å². The summed E-state index contributed by atoms with van der Waals surface area (Å²) in [6.45, 7) is 2.63. The number of halogens is 1. The van der Waals surface area contributed by atoms with Crippen LogP contribution in [0.1, 0.15) is 17.3 Å². The van der Waals surface area contributed by atoms with Crippen LogP contribution in [0.5, 0.6) is 0 Å². The van der Waals surface area contributed by atoms with Gasteiger partial charge in [-0.05, 0) is 24.6 Å². The van der Waals surface area contributed by atoms with E-state index in [9.17, 15) is 4.79 Å². The van der Waals surface area contributed by atoms with Gasteiger partial charge in [-0.1, -0.05) is 28.9 Å². The maximum Gasteiger partial charge on any atom is 0.315 e. The van der Waals surface area contributed by atoms with Crippen molar-refractivity contribution in [3.05, 3.63) is 46.6 Å². The SMILES string of the molecule is Cc1noc(CCNC(=O)NCc2ccc(Cl)cc2)n1. The number of carbonyl (C=O) groups is 1. The number of hydrogen-bond donors (Lipinski definition) is 2. The van der Waals surface area contributed by atoms with E-state index in [1.54, 1.807) is 19.1 Å². The molecule has 0 saturated carbocycles. The molecule has 0 bridgehead atoms. The van der Waals surface area contributed by atoms with Gasteiger partial charge in [-0.25, -0.2) is 4.79 Å². The van der Waals surface area contributed by atoms with Crippen molar-refractivity contribution in [2.45, 2.75) is 19.9 Å². The zero-order valence-corrected chi connectivity index (χ0v) is 11.8. The van der Waals surface area contributed by atoms with Gasteiger partial charge >= 0.3 is 6.03 Å². The number of benzene rings is 1. The minimum absolute atomic E-state index is 0.240. The molecule has 1 aromatic carbocycles. The van der Waals surface area contributed by atoms with Crippen LogP contribution in [0.3, 0.4) is 0 Å². The van der Waals surface area contributed by atoms with Gasteiger partial charge in [0.05, 0.1) is 0 Å². The highest BCUT2D eigenvalue weighted by Gasteiger charge is 2.04. The predicted molar refractivity (Wildman–Crippen MR) is 74.4 cm³/mol. The number of nitrogens with zero attached hydrogens (tertiary/aromatic N) is 2. The maximum atomic E-state index is 11.6. The summed E-state index contributed by atoms with van der Waals surface area (Å²) < 4.78 is 4.94. The number of aryl methyl sites for hydroxylation is 1. The standard InChI is InChI=1S/C13H15ClN4O2/c1-9-17-12(20-18-9)6-7-15-13(19)16-8-10-2-4-11(14)5-3-10/h2-5H,6-8H2,1H3,(H2,15,16,19). The number of hydrogen-bond acceptors (Lipinski definition) is 4. The lowest BCUT2D eigenvalue weighted by Crippen LogP contribution is -2.36. The predicted octanol–water partition coefficient (Wildman–Crippen LogP) is 2.07. The van der Waals surface area contributed by atoms with Crippen LogP contribution >= 0.6 is 11.6 Å². The first-order valence-electron chi connectivity index (χ1n) is 6.19. The summed E-state index contributed by atoms with van der Waals surface area (Å²) in [5.74, 6) is 1.10. The first kappa shape index (κ1) is 14.3. The summed E-state index contributed by atoms with van der Waals surface area (Å²) in [7, 11) is 0. The molecule has 2 amide bonds. The van der Waals surface area contributed by atoms with E-state index in [1.807, 2.05) is 12.1 Å². The Morgan fingerprint density at radius 1 is 1.30 bits per heavy atom. The average Bonchev–Trinajstić information content (AvgIpc) is 2.84. The number of urea groups is 1. The van der Waals surface area contributed by atoms with Crippen LogP contribution in [-0.4, -0.2) is 22.7 Å². The van der Waals surface area contributed by atoms with E-state index in [0.29, 0.717) is 36.2 Å². The Kier molecular flexibility index (Phi) is 4.95. The van der Waals surface area contributed by atoms with Gasteiger partial charge in [0.15, 0.2) is 5.82 Å². The summed E-state index contributed by atoms with van der Waals surface area (Å²) in [5, 5.41) is 9.81. The molecule has 2 rings (SSSR count). The smallest absolute Gasteiger partial charge is 0.315 e. The van der Waals surface area contributed by atoms with Gasteiger partial charge in [0.1, 0.15) is 0 Å². The summed E-state index contributed by atoms with van der Waals surface area (Å²) in [5.41, 5.74) is 0.983. The summed E-state index contributed by atoms with van der Waals surface area (Å²) >= 11 is 5.78. The molecule has 0 atom stereocenters. The number of amides is 2. The second kappa shape index (κ2) is 6.91. The number of carbonyl (C=O) groups excluding carboxylic acids is 1. The normalized spacial score (nSPS) is 10.3. The van der Waals surface area contributed by atoms with Crippen LogP contribution in [0.2, 0.25) is 5.02 Å². The molecular formula is C13H15ClN4O2. The summed E-state index contributed by atoms with van der Waals surface area (Å²) in [6, 6.07) is 7.06. The molecule has 2 N–H and O–H groups in total. The molecule has 7 heteroatoms. The molecule has 6 nitrogen and oxygen atoms in total. The van der Waals surface area contributed by atoms with Gasteiger partial charge in [0.2, 0.25) is 5.89 Å². The van der Waals surface area contributed by atoms with Crippen molar-refractivity contribution in [1.29, 1.82) is 0 Å². The Hall–Kier alpha value is -2.08. The second-order valence-corrected chi connectivity index (χ2v) is 4.66. The van der Waals surface area contributed by atoms with E-state index in [1.165, 1.54) is 0 Å². The average molecular weight is 295 g/mol. The minimum atomic E-state index is -0.240. The Balaban J connectivity index is 1.66. The first-order chi connectivity index (χ1) is 9.63. The molecule has 0 aliphatic carbocycles. The van der Waals surface area contributed by atoms with Crippen molar-refractivity contribution in [2.24, 2.45) is 0 Å². The van der Waals surface area contributed by atoms with Crippen molar-refractivity contribution < 1.29 is 9.32 Å². The fourth-order valence-electron chi connectivity index (χ4n) is 1.57. The summed E-state index contributed by atoms with van der Waals surface area (Å²) in [4.78, 5) is 15.6. The second-order valence-electron chi connectivity index (χ2n) is 4.22. The fraction of sp³-hybridized carbons (Fsp3) is 0.308. The molecule has 2 aromatic rings. The highest BCUT2D eigenvalue weighted by atomic mass is 35.5. The molecule has 0 radical (unpaired) electrons. The molecule has 0 saturated heterocycles. The van der Waals surface area contributed by atoms with E-state index >= 15 is 0 Å². The van der Waals surface area contributed by atoms with Crippen LogP contribution in [-0.2, 0) is 13.0 Å². The van der Waals surface area contributed by atoms with Crippen LogP contribution in [0.15, 0.2) is 28.8 Å². The van der Waals surface area contributed by atoms with E-state index in [2.05, 4.69) is 20.8 Å². The first-order valence-corrected chi connectivity index (χ1v) is 6.56. The molecule has 1 heterocycles. The van der Waals surface area contributed by atoms with Crippen LogP contribution in [0.4, 0.5) is 4.79 Å². The van der Waals surface area contributed by atoms with Crippen LogP contribution < -0.4 is 10.6 Å². The fourth-order valence-corrected chi connectivity index (χ4v) is 1.70. The lowest BCUT2D eigenvalue weighted by Gasteiger charge is -2.06. The van der Waals surface area contributed by atoms with Gasteiger partial charge in [0, 0.05) is 24.5 Å². The Morgan fingerprint density at radius 2 is 2.05 bits per heavy atom. The van der Waals surface area contributed by atoms with E-state index in [4.69, 9.17) is 16.1 Å². The van der Waals surface area contributed by atoms with Crippen LogP contribution in [0, 0.1) is 6.92 Å². The third kappa shape index (κ3) is 4.55. The van der Waals surface area contributed by atoms with E-state index in [-0.39, 0.29) is 6.03 Å². The minimum Gasteiger partial charge on any atom is -0.339 e. The lowest BCUT2D eigenvalue weighted by atomic mass is 10.2. The third-order valence-corrected chi connectivity index (χ3v) is 2.81. The van der Waals surface area contributed by atoms with Gasteiger partial charge in [-0.2, -0.15) is 4.98 Å². The van der Waals surface area contributed by atoms with Crippen molar-refractivity contribution in [3.63, 3.8) is 0 Å². The Morgan fingerprint density at radius 3 is 2.70 bits per heavy atom. The van der Waals surface area contributed by atoms with Gasteiger partial charge in [0.25, 0.3) is 0 Å². The molecule has 106 valence electrons. The maximum absolute atomic E-state index is 11.6. The molecule has 0 fully saturated rings. The molecule has 0 aliphatic heterocycles. The van der Waals surface area contributed by atoms with E-state index in [0.717, 1.165) is 5.56 Å². The monoisotopic (exact) mass is 294 g/mol. The molecule has 0 aliphatic rings. The quantitative estimate of drug-likeness (QED) is 0.885. The number of aromatic nitrogens is 2. The molecule has 1 aromatic heterocycles. The lowest BCUT2D eigenvalue weighted by molar-refractivity contribution is 0.240. The molecule has 0 spiro atoms. The highest BCUT2D eigenvalue weighted by Crippen LogP contribution is 2.08. The zero-order chi connectivity index (χ0) is 14.4. The molecular weight excluding hydrogens is 280 g/mol. The van der Waals surface area contributed by atoms with Crippen LogP contribution in [0.25, 0.3) is 0 Å². The molecule has 20 heavy (non-hydrogen) atoms. The molecule has 0 unspecified atom stereocenters.